The number of nitriles is 1. The maximum atomic E-state index is 12.9. The number of thiophene rings is 1. The maximum Gasteiger partial charge on any atom is 0.250 e. The van der Waals surface area contributed by atoms with Crippen molar-refractivity contribution in [3.63, 3.8) is 0 Å². The van der Waals surface area contributed by atoms with Crippen LogP contribution in [0.15, 0.2) is 52.7 Å². The van der Waals surface area contributed by atoms with Crippen molar-refractivity contribution in [2.75, 3.05) is 6.54 Å². The fourth-order valence-corrected chi connectivity index (χ4v) is 6.23. The molecule has 2 heterocycles. The zero-order valence-electron chi connectivity index (χ0n) is 15.8. The van der Waals surface area contributed by atoms with Crippen molar-refractivity contribution < 1.29 is 13.2 Å². The average molecular weight is 426 g/mol. The molecule has 0 spiro atoms. The van der Waals surface area contributed by atoms with E-state index in [2.05, 4.69) is 10.8 Å². The van der Waals surface area contributed by atoms with E-state index >= 15 is 0 Å². The molecule has 1 aliphatic heterocycles. The number of likely N-dealkylation sites (tertiary alicyclic amines) is 1. The topological polar surface area (TPSA) is 90.3 Å². The lowest BCUT2D eigenvalue weighted by Gasteiger charge is -2.17. The number of nitrogens with one attached hydrogen (secondary N) is 1. The number of sulfonamides is 1. The Morgan fingerprint density at radius 3 is 2.79 bits per heavy atom. The summed E-state index contributed by atoms with van der Waals surface area (Å²) in [7, 11) is -3.78. The number of hydrogen-bond acceptors (Lipinski definition) is 5. The van der Waals surface area contributed by atoms with E-state index in [1.807, 2.05) is 31.2 Å². The molecule has 1 saturated heterocycles. The fourth-order valence-electron chi connectivity index (χ4n) is 3.53. The summed E-state index contributed by atoms with van der Waals surface area (Å²) in [4.78, 5) is 14.4. The third kappa shape index (κ3) is 3.90. The quantitative estimate of drug-likeness (QED) is 0.680. The minimum Gasteiger partial charge on any atom is -0.337 e. The summed E-state index contributed by atoms with van der Waals surface area (Å²) in [5.74, 6) is -0.242. The lowest BCUT2D eigenvalue weighted by Crippen LogP contribution is -2.41. The first kappa shape index (κ1) is 19.6. The highest BCUT2D eigenvalue weighted by Crippen LogP contribution is 2.31. The monoisotopic (exact) mass is 425 g/mol. The Bertz CT molecular complexity index is 1240. The summed E-state index contributed by atoms with van der Waals surface area (Å²) < 4.78 is 29.4. The molecule has 29 heavy (non-hydrogen) atoms. The number of carbonyl (C=O) groups is 1. The summed E-state index contributed by atoms with van der Waals surface area (Å²) in [6.45, 7) is 2.77. The second-order valence-corrected chi connectivity index (χ2v) is 10.1. The van der Waals surface area contributed by atoms with E-state index in [0.717, 1.165) is 21.2 Å². The van der Waals surface area contributed by atoms with Crippen LogP contribution in [-0.2, 0) is 21.4 Å². The van der Waals surface area contributed by atoms with Crippen molar-refractivity contribution in [3.05, 3.63) is 65.2 Å². The minimum atomic E-state index is -3.78. The van der Waals surface area contributed by atoms with Crippen molar-refractivity contribution in [3.8, 4) is 6.07 Å². The third-order valence-corrected chi connectivity index (χ3v) is 8.09. The van der Waals surface area contributed by atoms with E-state index < -0.39 is 16.1 Å². The molecule has 6 nitrogen and oxygen atoms in total. The molecule has 3 aromatic rings. The van der Waals surface area contributed by atoms with Gasteiger partial charge in [-0.05, 0) is 54.1 Å². The van der Waals surface area contributed by atoms with Crippen LogP contribution in [0.3, 0.4) is 0 Å². The van der Waals surface area contributed by atoms with Gasteiger partial charge in [-0.1, -0.05) is 24.3 Å². The predicted molar refractivity (Wildman–Crippen MR) is 112 cm³/mol. The summed E-state index contributed by atoms with van der Waals surface area (Å²) in [5, 5.41) is 9.93. The first-order valence-corrected chi connectivity index (χ1v) is 11.5. The molecule has 0 unspecified atom stereocenters. The van der Waals surface area contributed by atoms with Crippen molar-refractivity contribution in [1.29, 1.82) is 5.26 Å². The predicted octanol–water partition coefficient (Wildman–Crippen LogP) is 3.16. The van der Waals surface area contributed by atoms with Crippen LogP contribution in [0.5, 0.6) is 0 Å². The van der Waals surface area contributed by atoms with E-state index in [-0.39, 0.29) is 10.1 Å². The second-order valence-electron chi connectivity index (χ2n) is 7.09. The first-order chi connectivity index (χ1) is 13.9. The summed E-state index contributed by atoms with van der Waals surface area (Å²) in [6.07, 6.45) is 0.417. The molecule has 0 bridgehead atoms. The Kier molecular flexibility index (Phi) is 5.13. The van der Waals surface area contributed by atoms with Gasteiger partial charge in [0.2, 0.25) is 5.91 Å². The van der Waals surface area contributed by atoms with Crippen LogP contribution in [0, 0.1) is 18.3 Å². The highest BCUT2D eigenvalue weighted by atomic mass is 32.2. The molecule has 1 fully saturated rings. The van der Waals surface area contributed by atoms with Crippen molar-refractivity contribution in [2.24, 2.45) is 0 Å². The number of fused-ring (bicyclic) bond motifs is 1. The summed E-state index contributed by atoms with van der Waals surface area (Å²) >= 11 is 1.20. The molecule has 4 rings (SSSR count). The Morgan fingerprint density at radius 2 is 2.03 bits per heavy atom. The highest BCUT2D eigenvalue weighted by molar-refractivity contribution is 7.91. The van der Waals surface area contributed by atoms with Crippen molar-refractivity contribution in [1.82, 2.24) is 9.62 Å². The molecule has 148 valence electrons. The molecule has 1 aromatic heterocycles. The summed E-state index contributed by atoms with van der Waals surface area (Å²) in [6, 6.07) is 15.8. The van der Waals surface area contributed by atoms with Gasteiger partial charge in [-0.15, -0.1) is 11.3 Å². The van der Waals surface area contributed by atoms with Crippen LogP contribution >= 0.6 is 11.3 Å². The Balaban J connectivity index is 1.49. The van der Waals surface area contributed by atoms with E-state index in [4.69, 9.17) is 5.26 Å². The van der Waals surface area contributed by atoms with Gasteiger partial charge >= 0.3 is 0 Å². The van der Waals surface area contributed by atoms with Crippen LogP contribution in [-0.4, -0.2) is 31.8 Å². The molecule has 0 saturated carbocycles. The lowest BCUT2D eigenvalue weighted by molar-refractivity contribution is -0.129. The van der Waals surface area contributed by atoms with E-state index in [1.54, 1.807) is 29.2 Å². The van der Waals surface area contributed by atoms with E-state index in [9.17, 15) is 13.2 Å². The SMILES string of the molecule is Cc1cccc2sc(S(=O)(=O)N[C@H]3CCN(Cc4cccc(C#N)c4)C3=O)cc12. The molecule has 0 radical (unpaired) electrons. The van der Waals surface area contributed by atoms with Crippen molar-refractivity contribution in [2.45, 2.75) is 30.1 Å². The number of aryl methyl sites for hydroxylation is 1. The maximum absolute atomic E-state index is 12.9. The Labute approximate surface area is 173 Å². The first-order valence-electron chi connectivity index (χ1n) is 9.17. The normalized spacial score (nSPS) is 17.0. The highest BCUT2D eigenvalue weighted by Gasteiger charge is 2.35. The molecule has 1 N–H and O–H groups in total. The zero-order valence-corrected chi connectivity index (χ0v) is 17.4. The molecule has 1 aliphatic rings. The van der Waals surface area contributed by atoms with E-state index in [0.29, 0.717) is 25.1 Å². The van der Waals surface area contributed by atoms with E-state index in [1.165, 1.54) is 11.3 Å². The van der Waals surface area contributed by atoms with Crippen LogP contribution in [0.25, 0.3) is 10.1 Å². The van der Waals surface area contributed by atoms with Crippen molar-refractivity contribution >= 4 is 37.4 Å². The molecule has 8 heteroatoms. The minimum absolute atomic E-state index is 0.217. The Hall–Kier alpha value is -2.73. The molecule has 0 aliphatic carbocycles. The van der Waals surface area contributed by atoms with Gasteiger partial charge in [-0.2, -0.15) is 9.98 Å². The Morgan fingerprint density at radius 1 is 1.24 bits per heavy atom. The number of hydrogen-bond donors (Lipinski definition) is 1. The molecular formula is C21H19N3O3S2. The number of benzene rings is 2. The average Bonchev–Trinajstić information content (AvgIpc) is 3.29. The van der Waals surface area contributed by atoms with Gasteiger partial charge in [0.05, 0.1) is 11.6 Å². The van der Waals surface area contributed by atoms with Gasteiger partial charge in [0.15, 0.2) is 0 Å². The zero-order chi connectivity index (χ0) is 20.6. The lowest BCUT2D eigenvalue weighted by atomic mass is 10.1. The number of nitrogens with zero attached hydrogens (tertiary/aromatic N) is 2. The standard InChI is InChI=1S/C21H19N3O3S2/c1-14-4-2-7-19-17(14)11-20(28-19)29(26,27)23-18-8-9-24(21(18)25)13-16-6-3-5-15(10-16)12-22/h2-7,10-11,18,23H,8-9,13H2,1H3/t18-/m0/s1. The second kappa shape index (κ2) is 7.59. The fraction of sp³-hybridized carbons (Fsp3) is 0.238. The van der Waals surface area contributed by atoms with Gasteiger partial charge in [0.1, 0.15) is 10.3 Å². The summed E-state index contributed by atoms with van der Waals surface area (Å²) in [5.41, 5.74) is 2.40. The van der Waals surface area contributed by atoms with Gasteiger partial charge < -0.3 is 4.90 Å². The largest absolute Gasteiger partial charge is 0.337 e. The van der Waals surface area contributed by atoms with Gasteiger partial charge in [0.25, 0.3) is 10.0 Å². The number of amides is 1. The molecule has 1 atom stereocenters. The van der Waals surface area contributed by atoms with Crippen LogP contribution < -0.4 is 4.72 Å². The number of rotatable bonds is 5. The van der Waals surface area contributed by atoms with Crippen LogP contribution in [0.2, 0.25) is 0 Å². The molecule has 2 aromatic carbocycles. The molecule has 1 amide bonds. The van der Waals surface area contributed by atoms with Crippen LogP contribution in [0.1, 0.15) is 23.1 Å². The molecular weight excluding hydrogens is 406 g/mol. The van der Waals surface area contributed by atoms with Gasteiger partial charge in [-0.25, -0.2) is 8.42 Å². The van der Waals surface area contributed by atoms with Gasteiger partial charge in [0, 0.05) is 17.8 Å². The smallest absolute Gasteiger partial charge is 0.250 e. The van der Waals surface area contributed by atoms with Gasteiger partial charge in [-0.3, -0.25) is 4.79 Å². The third-order valence-electron chi connectivity index (χ3n) is 5.05. The number of carbonyl (C=O) groups excluding carboxylic acids is 1. The van der Waals surface area contributed by atoms with Crippen LogP contribution in [0.4, 0.5) is 0 Å².